The number of nitrogens with one attached hydrogen (secondary N) is 1. The average molecular weight is 358 g/mol. The van der Waals surface area contributed by atoms with Gasteiger partial charge in [-0.3, -0.25) is 14.2 Å². The van der Waals surface area contributed by atoms with E-state index in [4.69, 9.17) is 16.3 Å². The smallest absolute Gasteiger partial charge is 0.261 e. The fourth-order valence-electron chi connectivity index (χ4n) is 2.57. The molecule has 1 amide bonds. The van der Waals surface area contributed by atoms with E-state index in [2.05, 4.69) is 10.3 Å². The molecule has 0 radical (unpaired) electrons. The van der Waals surface area contributed by atoms with Gasteiger partial charge in [-0.05, 0) is 36.8 Å². The van der Waals surface area contributed by atoms with E-state index in [1.54, 1.807) is 30.3 Å². The second-order valence-electron chi connectivity index (χ2n) is 5.54. The van der Waals surface area contributed by atoms with Crippen molar-refractivity contribution in [3.05, 3.63) is 63.7 Å². The summed E-state index contributed by atoms with van der Waals surface area (Å²) in [5, 5.41) is 3.65. The molecule has 7 heteroatoms. The van der Waals surface area contributed by atoms with Crippen molar-refractivity contribution in [2.24, 2.45) is 0 Å². The molecule has 0 fully saturated rings. The van der Waals surface area contributed by atoms with Gasteiger partial charge in [-0.25, -0.2) is 4.98 Å². The maximum absolute atomic E-state index is 12.5. The molecule has 128 valence electrons. The van der Waals surface area contributed by atoms with Gasteiger partial charge in [0.25, 0.3) is 5.56 Å². The molecule has 1 N–H and O–H groups in total. The molecule has 0 aliphatic rings. The zero-order valence-corrected chi connectivity index (χ0v) is 14.5. The highest BCUT2D eigenvalue weighted by Gasteiger charge is 2.12. The van der Waals surface area contributed by atoms with Crippen molar-refractivity contribution in [1.82, 2.24) is 9.55 Å². The molecule has 25 heavy (non-hydrogen) atoms. The zero-order valence-electron chi connectivity index (χ0n) is 13.7. The summed E-state index contributed by atoms with van der Waals surface area (Å²) < 4.78 is 6.46. The molecule has 1 aromatic heterocycles. The summed E-state index contributed by atoms with van der Waals surface area (Å²) >= 11 is 5.95. The first-order valence-electron chi connectivity index (χ1n) is 7.58. The number of hydrogen-bond donors (Lipinski definition) is 1. The van der Waals surface area contributed by atoms with Gasteiger partial charge in [0.15, 0.2) is 0 Å². The van der Waals surface area contributed by atoms with Crippen LogP contribution in [0.1, 0.15) is 5.56 Å². The van der Waals surface area contributed by atoms with Crippen LogP contribution in [0.3, 0.4) is 0 Å². The van der Waals surface area contributed by atoms with Crippen LogP contribution >= 0.6 is 11.6 Å². The monoisotopic (exact) mass is 357 g/mol. The molecule has 2 aromatic carbocycles. The van der Waals surface area contributed by atoms with Crippen molar-refractivity contribution in [2.45, 2.75) is 13.5 Å². The number of amides is 1. The summed E-state index contributed by atoms with van der Waals surface area (Å²) in [5.41, 5.74) is 1.73. The van der Waals surface area contributed by atoms with Crippen LogP contribution in [0.15, 0.2) is 47.5 Å². The first kappa shape index (κ1) is 17.0. The molecule has 0 aliphatic carbocycles. The van der Waals surface area contributed by atoms with E-state index in [0.717, 1.165) is 5.56 Å². The molecule has 1 heterocycles. The van der Waals surface area contributed by atoms with Crippen LogP contribution in [0.5, 0.6) is 5.75 Å². The van der Waals surface area contributed by atoms with Crippen LogP contribution in [0, 0.1) is 6.92 Å². The lowest BCUT2D eigenvalue weighted by molar-refractivity contribution is -0.116. The van der Waals surface area contributed by atoms with Gasteiger partial charge < -0.3 is 10.1 Å². The minimum absolute atomic E-state index is 0.161. The number of methoxy groups -OCH3 is 1. The minimum Gasteiger partial charge on any atom is -0.495 e. The maximum atomic E-state index is 12.5. The number of fused-ring (bicyclic) bond motifs is 1. The molecule has 3 rings (SSSR count). The highest BCUT2D eigenvalue weighted by Crippen LogP contribution is 2.27. The molecule has 3 aromatic rings. The van der Waals surface area contributed by atoms with E-state index in [0.29, 0.717) is 27.4 Å². The number of hydrogen-bond acceptors (Lipinski definition) is 4. The number of anilines is 1. The number of nitrogens with zero attached hydrogens (tertiary/aromatic N) is 2. The van der Waals surface area contributed by atoms with Crippen molar-refractivity contribution in [1.29, 1.82) is 0 Å². The molecule has 0 saturated heterocycles. The predicted molar refractivity (Wildman–Crippen MR) is 97.4 cm³/mol. The second-order valence-corrected chi connectivity index (χ2v) is 5.98. The summed E-state index contributed by atoms with van der Waals surface area (Å²) in [4.78, 5) is 29.1. The predicted octanol–water partition coefficient (Wildman–Crippen LogP) is 3.01. The third-order valence-electron chi connectivity index (χ3n) is 3.80. The van der Waals surface area contributed by atoms with Gasteiger partial charge in [0, 0.05) is 5.02 Å². The summed E-state index contributed by atoms with van der Waals surface area (Å²) in [6, 6.07) is 10.3. The van der Waals surface area contributed by atoms with Crippen LogP contribution in [0.4, 0.5) is 5.69 Å². The number of carbonyl (C=O) groups is 1. The number of benzene rings is 2. The first-order valence-corrected chi connectivity index (χ1v) is 7.95. The van der Waals surface area contributed by atoms with Crippen molar-refractivity contribution in [3.63, 3.8) is 0 Å². The van der Waals surface area contributed by atoms with Crippen molar-refractivity contribution < 1.29 is 9.53 Å². The number of aromatic nitrogens is 2. The molecular weight excluding hydrogens is 342 g/mol. The Bertz CT molecular complexity index is 1010. The van der Waals surface area contributed by atoms with Gasteiger partial charge in [-0.1, -0.05) is 23.7 Å². The zero-order chi connectivity index (χ0) is 18.0. The highest BCUT2D eigenvalue weighted by atomic mass is 35.5. The number of aryl methyl sites for hydroxylation is 1. The topological polar surface area (TPSA) is 73.2 Å². The fourth-order valence-corrected chi connectivity index (χ4v) is 2.74. The first-order chi connectivity index (χ1) is 12.0. The van der Waals surface area contributed by atoms with Crippen LogP contribution in [-0.4, -0.2) is 22.6 Å². The quantitative estimate of drug-likeness (QED) is 0.779. The lowest BCUT2D eigenvalue weighted by Gasteiger charge is -2.11. The Morgan fingerprint density at radius 3 is 2.88 bits per heavy atom. The largest absolute Gasteiger partial charge is 0.495 e. The second kappa shape index (κ2) is 6.94. The van der Waals surface area contributed by atoms with Crippen LogP contribution in [0.2, 0.25) is 5.02 Å². The molecule has 0 spiro atoms. The summed E-state index contributed by atoms with van der Waals surface area (Å²) in [6.45, 7) is 1.72. The van der Waals surface area contributed by atoms with E-state index < -0.39 is 0 Å². The number of halogens is 1. The van der Waals surface area contributed by atoms with Crippen molar-refractivity contribution in [3.8, 4) is 5.75 Å². The third-order valence-corrected chi connectivity index (χ3v) is 4.04. The summed E-state index contributed by atoms with van der Waals surface area (Å²) in [7, 11) is 1.50. The molecule has 6 nitrogen and oxygen atoms in total. The highest BCUT2D eigenvalue weighted by molar-refractivity contribution is 6.31. The lowest BCUT2D eigenvalue weighted by atomic mass is 10.1. The Morgan fingerprint density at radius 2 is 2.12 bits per heavy atom. The maximum Gasteiger partial charge on any atom is 0.261 e. The van der Waals surface area contributed by atoms with Gasteiger partial charge in [0.2, 0.25) is 5.91 Å². The van der Waals surface area contributed by atoms with E-state index >= 15 is 0 Å². The molecule has 0 saturated carbocycles. The fraction of sp³-hybridized carbons (Fsp3) is 0.167. The Labute approximate surface area is 149 Å². The van der Waals surface area contributed by atoms with Crippen LogP contribution in [0.25, 0.3) is 10.9 Å². The summed E-state index contributed by atoms with van der Waals surface area (Å²) in [5.74, 6) is 0.105. The molecular formula is C18H16ClN3O3. The molecule has 0 bridgehead atoms. The third kappa shape index (κ3) is 3.49. The number of para-hydroxylation sites is 1. The Kier molecular flexibility index (Phi) is 4.72. The number of ether oxygens (including phenoxy) is 1. The Balaban J connectivity index is 1.87. The normalized spacial score (nSPS) is 10.7. The van der Waals surface area contributed by atoms with Gasteiger partial charge in [-0.15, -0.1) is 0 Å². The number of rotatable bonds is 4. The SMILES string of the molecule is COc1ccc(Cl)cc1NC(=O)Cn1cnc2c(C)cccc2c1=O. The van der Waals surface area contributed by atoms with Crippen molar-refractivity contribution in [2.75, 3.05) is 12.4 Å². The van der Waals surface area contributed by atoms with E-state index in [1.807, 2.05) is 13.0 Å². The van der Waals surface area contributed by atoms with E-state index in [-0.39, 0.29) is 18.0 Å². The molecule has 0 atom stereocenters. The standard InChI is InChI=1S/C18H16ClN3O3/c1-11-4-3-5-13-17(11)20-10-22(18(13)24)9-16(23)21-14-8-12(19)6-7-15(14)25-2/h3-8,10H,9H2,1-2H3,(H,21,23). The lowest BCUT2D eigenvalue weighted by Crippen LogP contribution is -2.28. The van der Waals surface area contributed by atoms with Gasteiger partial charge >= 0.3 is 0 Å². The summed E-state index contributed by atoms with van der Waals surface area (Å²) in [6.07, 6.45) is 1.38. The molecule has 0 aliphatic heterocycles. The van der Waals surface area contributed by atoms with Gasteiger partial charge in [0.1, 0.15) is 12.3 Å². The Hall–Kier alpha value is -2.86. The Morgan fingerprint density at radius 1 is 1.32 bits per heavy atom. The molecule has 0 unspecified atom stereocenters. The minimum atomic E-state index is -0.378. The number of carbonyl (C=O) groups excluding carboxylic acids is 1. The van der Waals surface area contributed by atoms with Crippen LogP contribution < -0.4 is 15.6 Å². The van der Waals surface area contributed by atoms with Crippen molar-refractivity contribution >= 4 is 34.1 Å². The van der Waals surface area contributed by atoms with E-state index in [9.17, 15) is 9.59 Å². The van der Waals surface area contributed by atoms with Gasteiger partial charge in [-0.2, -0.15) is 0 Å². The average Bonchev–Trinajstić information content (AvgIpc) is 2.58. The van der Waals surface area contributed by atoms with Gasteiger partial charge in [0.05, 0.1) is 30.0 Å². The van der Waals surface area contributed by atoms with Crippen LogP contribution in [-0.2, 0) is 11.3 Å². The van der Waals surface area contributed by atoms with E-state index in [1.165, 1.54) is 18.0 Å².